The highest BCUT2D eigenvalue weighted by atomic mass is 16.6. The smallest absolute Gasteiger partial charge is 0.421 e. The average molecular weight is 504 g/mol. The van der Waals surface area contributed by atoms with Crippen LogP contribution in [-0.4, -0.2) is 60.3 Å². The van der Waals surface area contributed by atoms with E-state index in [1.54, 1.807) is 33.8 Å². The van der Waals surface area contributed by atoms with Crippen LogP contribution < -0.4 is 4.90 Å². The molecule has 0 aromatic heterocycles. The largest absolute Gasteiger partial charge is 0.465 e. The molecule has 0 bridgehead atoms. The maximum atomic E-state index is 14.4. The van der Waals surface area contributed by atoms with E-state index in [1.807, 2.05) is 0 Å². The molecule has 2 amide bonds. The molecule has 10 nitrogen and oxygen atoms in total. The van der Waals surface area contributed by atoms with Crippen molar-refractivity contribution in [2.75, 3.05) is 18.1 Å². The standard InChI is InChI=1S/C26H33NO9/c1-7-34-21(31)25(22(32)35-8-2)16(14-28)10-12-19(29)26(25)17-13-15(3)9-11-18(17)27(20(26)30)23(33)36-24(4,5)6/h9,11,13-14,16,19,29H,7-8,10,12H2,1-6H3/t16-,19+,26+/m1/s1. The quantitative estimate of drug-likeness (QED) is 0.278. The number of hydrogen-bond donors (Lipinski definition) is 1. The fourth-order valence-corrected chi connectivity index (χ4v) is 5.45. The van der Waals surface area contributed by atoms with Crippen LogP contribution >= 0.6 is 0 Å². The molecular formula is C26H33NO9. The van der Waals surface area contributed by atoms with Gasteiger partial charge in [0.25, 0.3) is 5.91 Å². The summed E-state index contributed by atoms with van der Waals surface area (Å²) >= 11 is 0. The number of aliphatic hydroxyl groups is 1. The predicted molar refractivity (Wildman–Crippen MR) is 127 cm³/mol. The molecule has 0 saturated heterocycles. The van der Waals surface area contributed by atoms with Gasteiger partial charge in [-0.15, -0.1) is 0 Å². The Kier molecular flexibility index (Phi) is 7.32. The van der Waals surface area contributed by atoms with Gasteiger partial charge in [0.1, 0.15) is 17.3 Å². The topological polar surface area (TPSA) is 137 Å². The monoisotopic (exact) mass is 503 g/mol. The van der Waals surface area contributed by atoms with E-state index < -0.39 is 52.4 Å². The minimum absolute atomic E-state index is 0.0448. The lowest BCUT2D eigenvalue weighted by atomic mass is 9.48. The Hall–Kier alpha value is -3.27. The third-order valence-corrected chi connectivity index (χ3v) is 6.72. The molecule has 196 valence electrons. The number of aliphatic hydroxyl groups excluding tert-OH is 1. The van der Waals surface area contributed by atoms with Crippen LogP contribution in [0.25, 0.3) is 0 Å². The number of carbonyl (C=O) groups is 5. The van der Waals surface area contributed by atoms with Crippen molar-refractivity contribution in [3.05, 3.63) is 29.3 Å². The van der Waals surface area contributed by atoms with E-state index in [1.165, 1.54) is 26.0 Å². The number of aldehydes is 1. The zero-order chi connectivity index (χ0) is 27.1. The summed E-state index contributed by atoms with van der Waals surface area (Å²) in [5, 5.41) is 11.6. The third-order valence-electron chi connectivity index (χ3n) is 6.72. The number of ether oxygens (including phenoxy) is 3. The van der Waals surface area contributed by atoms with Gasteiger partial charge in [0, 0.05) is 5.92 Å². The number of nitrogens with zero attached hydrogens (tertiary/aromatic N) is 1. The SMILES string of the molecule is CCOC(=O)C1(C(=O)OCC)[C@@H](C=O)CC[C@H](O)[C@@]12C(=O)N(C(=O)OC(C)(C)C)c1ccc(C)cc12. The highest BCUT2D eigenvalue weighted by Crippen LogP contribution is 2.62. The van der Waals surface area contributed by atoms with Crippen LogP contribution in [0.15, 0.2) is 18.2 Å². The number of anilines is 1. The zero-order valence-corrected chi connectivity index (χ0v) is 21.5. The molecule has 1 aliphatic heterocycles. The summed E-state index contributed by atoms with van der Waals surface area (Å²) in [6, 6.07) is 4.66. The fraction of sp³-hybridized carbons (Fsp3) is 0.577. The van der Waals surface area contributed by atoms with Crippen molar-refractivity contribution < 1.29 is 43.3 Å². The second-order valence-corrected chi connectivity index (χ2v) is 10.0. The van der Waals surface area contributed by atoms with E-state index >= 15 is 0 Å². The number of amides is 2. The minimum atomic E-state index is -2.57. The molecule has 36 heavy (non-hydrogen) atoms. The van der Waals surface area contributed by atoms with Crippen molar-refractivity contribution in [1.29, 1.82) is 0 Å². The van der Waals surface area contributed by atoms with Crippen LogP contribution in [-0.2, 0) is 38.8 Å². The average Bonchev–Trinajstić information content (AvgIpc) is 3.03. The predicted octanol–water partition coefficient (Wildman–Crippen LogP) is 2.60. The maximum Gasteiger partial charge on any atom is 0.421 e. The summed E-state index contributed by atoms with van der Waals surface area (Å²) in [6.45, 7) is 9.28. The maximum absolute atomic E-state index is 14.4. The van der Waals surface area contributed by atoms with Crippen LogP contribution in [0.3, 0.4) is 0 Å². The van der Waals surface area contributed by atoms with Crippen molar-refractivity contribution in [3.8, 4) is 0 Å². The molecule has 1 spiro atoms. The van der Waals surface area contributed by atoms with Gasteiger partial charge in [0.15, 0.2) is 5.41 Å². The van der Waals surface area contributed by atoms with Gasteiger partial charge in [-0.25, -0.2) is 9.69 Å². The number of fused-ring (bicyclic) bond motifs is 2. The second kappa shape index (κ2) is 9.65. The summed E-state index contributed by atoms with van der Waals surface area (Å²) in [6.07, 6.45) is -2.42. The molecular weight excluding hydrogens is 470 g/mol. The third kappa shape index (κ3) is 3.78. The van der Waals surface area contributed by atoms with Gasteiger partial charge in [0.05, 0.1) is 25.0 Å². The van der Waals surface area contributed by atoms with Gasteiger partial charge < -0.3 is 24.1 Å². The van der Waals surface area contributed by atoms with Crippen LogP contribution in [0, 0.1) is 18.3 Å². The summed E-state index contributed by atoms with van der Waals surface area (Å²) in [4.78, 5) is 68.4. The summed E-state index contributed by atoms with van der Waals surface area (Å²) in [5.41, 5.74) is -5.19. The molecule has 1 heterocycles. The summed E-state index contributed by atoms with van der Waals surface area (Å²) < 4.78 is 16.1. The lowest BCUT2D eigenvalue weighted by molar-refractivity contribution is -0.198. The Bertz CT molecular complexity index is 1070. The molecule has 1 saturated carbocycles. The molecule has 0 unspecified atom stereocenters. The number of benzene rings is 1. The van der Waals surface area contributed by atoms with E-state index in [9.17, 15) is 29.1 Å². The number of aryl methyl sites for hydroxylation is 1. The van der Waals surface area contributed by atoms with Gasteiger partial charge in [-0.1, -0.05) is 17.7 Å². The van der Waals surface area contributed by atoms with Crippen LogP contribution in [0.5, 0.6) is 0 Å². The minimum Gasteiger partial charge on any atom is -0.465 e. The Labute approximate surface area is 209 Å². The Morgan fingerprint density at radius 2 is 1.69 bits per heavy atom. The lowest BCUT2D eigenvalue weighted by Crippen LogP contribution is -2.71. The van der Waals surface area contributed by atoms with Gasteiger partial charge >= 0.3 is 18.0 Å². The Balaban J connectivity index is 2.47. The first kappa shape index (κ1) is 27.3. The van der Waals surface area contributed by atoms with Crippen molar-refractivity contribution in [2.24, 2.45) is 11.3 Å². The normalized spacial score (nSPS) is 24.8. The van der Waals surface area contributed by atoms with E-state index in [-0.39, 0.29) is 37.3 Å². The van der Waals surface area contributed by atoms with E-state index in [4.69, 9.17) is 14.2 Å². The summed E-state index contributed by atoms with van der Waals surface area (Å²) in [7, 11) is 0. The van der Waals surface area contributed by atoms with Crippen molar-refractivity contribution in [1.82, 2.24) is 0 Å². The van der Waals surface area contributed by atoms with Crippen molar-refractivity contribution in [2.45, 2.75) is 71.5 Å². The molecule has 1 fully saturated rings. The van der Waals surface area contributed by atoms with Gasteiger partial charge in [-0.2, -0.15) is 0 Å². The fourth-order valence-electron chi connectivity index (χ4n) is 5.45. The van der Waals surface area contributed by atoms with Gasteiger partial charge in [-0.05, 0) is 66.0 Å². The van der Waals surface area contributed by atoms with Crippen molar-refractivity contribution in [3.63, 3.8) is 0 Å². The van der Waals surface area contributed by atoms with E-state index in [0.717, 1.165) is 4.90 Å². The first-order valence-electron chi connectivity index (χ1n) is 12.0. The van der Waals surface area contributed by atoms with Crippen LogP contribution in [0.1, 0.15) is 58.6 Å². The molecule has 3 rings (SSSR count). The first-order chi connectivity index (χ1) is 16.8. The number of rotatable bonds is 5. The zero-order valence-electron chi connectivity index (χ0n) is 21.5. The highest BCUT2D eigenvalue weighted by molar-refractivity contribution is 6.26. The molecule has 2 aliphatic rings. The van der Waals surface area contributed by atoms with Crippen molar-refractivity contribution >= 4 is 35.9 Å². The first-order valence-corrected chi connectivity index (χ1v) is 12.0. The number of hydrogen-bond acceptors (Lipinski definition) is 9. The molecule has 1 aromatic rings. The number of carbonyl (C=O) groups excluding carboxylic acids is 5. The molecule has 1 aliphatic carbocycles. The number of esters is 2. The Morgan fingerprint density at radius 1 is 1.11 bits per heavy atom. The Morgan fingerprint density at radius 3 is 2.19 bits per heavy atom. The second-order valence-electron chi connectivity index (χ2n) is 10.0. The van der Waals surface area contributed by atoms with Crippen LogP contribution in [0.4, 0.5) is 10.5 Å². The van der Waals surface area contributed by atoms with Gasteiger partial charge in [0.2, 0.25) is 0 Å². The molecule has 1 N–H and O–H groups in total. The molecule has 0 radical (unpaired) electrons. The van der Waals surface area contributed by atoms with E-state index in [0.29, 0.717) is 11.8 Å². The lowest BCUT2D eigenvalue weighted by Gasteiger charge is -2.51. The molecule has 10 heteroatoms. The number of imide groups is 1. The summed E-state index contributed by atoms with van der Waals surface area (Å²) in [5.74, 6) is -4.77. The molecule has 3 atom stereocenters. The van der Waals surface area contributed by atoms with E-state index in [2.05, 4.69) is 0 Å². The molecule has 1 aromatic carbocycles. The van der Waals surface area contributed by atoms with Crippen LogP contribution in [0.2, 0.25) is 0 Å². The highest BCUT2D eigenvalue weighted by Gasteiger charge is 2.79. The van der Waals surface area contributed by atoms with Gasteiger partial charge in [-0.3, -0.25) is 14.4 Å².